The fourth-order valence-corrected chi connectivity index (χ4v) is 3.06. The maximum Gasteiger partial charge on any atom is 0.208 e. The summed E-state index contributed by atoms with van der Waals surface area (Å²) in [6.07, 6.45) is 8.31. The van der Waals surface area contributed by atoms with Gasteiger partial charge >= 0.3 is 0 Å². The van der Waals surface area contributed by atoms with E-state index in [0.29, 0.717) is 0 Å². The summed E-state index contributed by atoms with van der Waals surface area (Å²) in [5, 5.41) is 9.86. The van der Waals surface area contributed by atoms with Crippen molar-refractivity contribution in [2.75, 3.05) is 0 Å². The van der Waals surface area contributed by atoms with Crippen LogP contribution in [0.15, 0.2) is 6.20 Å². The molecular weight excluding hydrogens is 196 g/mol. The monoisotopic (exact) mass is 212 g/mol. The molecule has 1 fully saturated rings. The molecule has 1 aliphatic carbocycles. The Balaban J connectivity index is 1.76. The molecule has 4 heteroatoms. The van der Waals surface area contributed by atoms with Gasteiger partial charge in [-0.05, 0) is 12.8 Å². The Kier molecular flexibility index (Phi) is 3.35. The van der Waals surface area contributed by atoms with Crippen LogP contribution in [0.3, 0.4) is 0 Å². The first-order valence-electron chi connectivity index (χ1n) is 5.19. The van der Waals surface area contributed by atoms with Gasteiger partial charge < -0.3 is 10.1 Å². The van der Waals surface area contributed by atoms with Gasteiger partial charge in [-0.25, -0.2) is 4.98 Å². The van der Waals surface area contributed by atoms with Crippen LogP contribution in [0, 0.1) is 0 Å². The molecule has 0 amide bonds. The third-order valence-electron chi connectivity index (χ3n) is 2.62. The minimum atomic E-state index is 0.171. The zero-order valence-corrected chi connectivity index (χ0v) is 9.02. The molecule has 78 valence electrons. The van der Waals surface area contributed by atoms with Crippen molar-refractivity contribution in [2.24, 2.45) is 0 Å². The van der Waals surface area contributed by atoms with Crippen molar-refractivity contribution >= 4 is 11.8 Å². The van der Waals surface area contributed by atoms with Crippen molar-refractivity contribution in [3.63, 3.8) is 0 Å². The average molecular weight is 212 g/mol. The molecule has 0 spiro atoms. The van der Waals surface area contributed by atoms with E-state index < -0.39 is 0 Å². The molecule has 0 aliphatic heterocycles. The normalized spacial score (nSPS) is 18.6. The first-order valence-corrected chi connectivity index (χ1v) is 6.24. The topological polar surface area (TPSA) is 48.9 Å². The number of aromatic amines is 1. The Hall–Kier alpha value is -0.640. The standard InChI is InChI=1S/C10H16N2OS/c13-10-6-11-9(12-10)7-14-8-4-2-1-3-5-8/h6,8,13H,1-5,7H2,(H,11,12). The first-order chi connectivity index (χ1) is 6.84. The van der Waals surface area contributed by atoms with Crippen LogP contribution in [0.5, 0.6) is 5.88 Å². The molecule has 0 radical (unpaired) electrons. The summed E-state index contributed by atoms with van der Waals surface area (Å²) in [5.74, 6) is 1.95. The summed E-state index contributed by atoms with van der Waals surface area (Å²) in [7, 11) is 0. The Morgan fingerprint density at radius 1 is 1.43 bits per heavy atom. The van der Waals surface area contributed by atoms with E-state index in [1.165, 1.54) is 38.3 Å². The number of rotatable bonds is 3. The van der Waals surface area contributed by atoms with Crippen LogP contribution in [0.1, 0.15) is 37.9 Å². The molecule has 0 bridgehead atoms. The smallest absolute Gasteiger partial charge is 0.208 e. The molecule has 2 rings (SSSR count). The minimum Gasteiger partial charge on any atom is -0.493 e. The van der Waals surface area contributed by atoms with Crippen molar-refractivity contribution in [1.29, 1.82) is 0 Å². The number of hydrogen-bond donors (Lipinski definition) is 2. The van der Waals surface area contributed by atoms with E-state index >= 15 is 0 Å². The molecule has 0 saturated heterocycles. The van der Waals surface area contributed by atoms with Gasteiger partial charge in [-0.3, -0.25) is 0 Å². The lowest BCUT2D eigenvalue weighted by Gasteiger charge is -2.20. The Labute approximate surface area is 88.3 Å². The van der Waals surface area contributed by atoms with Gasteiger partial charge in [-0.1, -0.05) is 19.3 Å². The van der Waals surface area contributed by atoms with Crippen molar-refractivity contribution in [3.8, 4) is 5.88 Å². The second-order valence-electron chi connectivity index (χ2n) is 3.79. The maximum absolute atomic E-state index is 9.06. The van der Waals surface area contributed by atoms with Crippen LogP contribution in [-0.2, 0) is 5.75 Å². The highest BCUT2D eigenvalue weighted by Crippen LogP contribution is 2.29. The summed E-state index contributed by atoms with van der Waals surface area (Å²) in [5.41, 5.74) is 0. The van der Waals surface area contributed by atoms with Gasteiger partial charge in [0.2, 0.25) is 5.88 Å². The van der Waals surface area contributed by atoms with Crippen LogP contribution >= 0.6 is 11.8 Å². The zero-order chi connectivity index (χ0) is 9.80. The fraction of sp³-hybridized carbons (Fsp3) is 0.700. The molecule has 2 N–H and O–H groups in total. The summed E-state index contributed by atoms with van der Waals surface area (Å²) in [4.78, 5) is 6.91. The van der Waals surface area contributed by atoms with Gasteiger partial charge in [0.25, 0.3) is 0 Å². The number of H-pyrrole nitrogens is 1. The molecule has 14 heavy (non-hydrogen) atoms. The average Bonchev–Trinajstić information content (AvgIpc) is 2.63. The van der Waals surface area contributed by atoms with Gasteiger partial charge in [0.1, 0.15) is 5.82 Å². The van der Waals surface area contributed by atoms with Crippen LogP contribution < -0.4 is 0 Å². The predicted octanol–water partition coefficient (Wildman–Crippen LogP) is 2.68. The van der Waals surface area contributed by atoms with Crippen LogP contribution in [-0.4, -0.2) is 20.3 Å². The van der Waals surface area contributed by atoms with Gasteiger partial charge in [-0.2, -0.15) is 11.8 Å². The van der Waals surface area contributed by atoms with Crippen molar-refractivity contribution < 1.29 is 5.11 Å². The SMILES string of the molecule is Oc1cnc(CSC2CCCCC2)[nH]1. The number of aromatic nitrogens is 2. The third-order valence-corrected chi connectivity index (χ3v) is 4.01. The molecule has 1 aromatic rings. The lowest BCUT2D eigenvalue weighted by Crippen LogP contribution is -2.08. The summed E-state index contributed by atoms with van der Waals surface area (Å²) in [6.45, 7) is 0. The highest BCUT2D eigenvalue weighted by Gasteiger charge is 2.14. The number of thioether (sulfide) groups is 1. The fourth-order valence-electron chi connectivity index (χ4n) is 1.85. The van der Waals surface area contributed by atoms with Gasteiger partial charge in [0.05, 0.1) is 11.9 Å². The lowest BCUT2D eigenvalue weighted by atomic mass is 10.0. The molecule has 3 nitrogen and oxygen atoms in total. The molecule has 1 heterocycles. The molecule has 0 unspecified atom stereocenters. The Bertz CT molecular complexity index is 281. The van der Waals surface area contributed by atoms with E-state index in [4.69, 9.17) is 5.11 Å². The van der Waals surface area contributed by atoms with Crippen LogP contribution in [0.25, 0.3) is 0 Å². The summed E-state index contributed by atoms with van der Waals surface area (Å²) < 4.78 is 0. The van der Waals surface area contributed by atoms with Crippen molar-refractivity contribution in [2.45, 2.75) is 43.1 Å². The largest absolute Gasteiger partial charge is 0.493 e. The molecular formula is C10H16N2OS. The van der Waals surface area contributed by atoms with E-state index in [1.54, 1.807) is 0 Å². The molecule has 1 aromatic heterocycles. The van der Waals surface area contributed by atoms with E-state index in [9.17, 15) is 0 Å². The number of hydrogen-bond acceptors (Lipinski definition) is 3. The van der Waals surface area contributed by atoms with Crippen LogP contribution in [0.2, 0.25) is 0 Å². The number of imidazole rings is 1. The lowest BCUT2D eigenvalue weighted by molar-refractivity contribution is 0.456. The molecule has 1 saturated carbocycles. The quantitative estimate of drug-likeness (QED) is 0.810. The molecule has 1 aliphatic rings. The van der Waals surface area contributed by atoms with E-state index in [2.05, 4.69) is 9.97 Å². The molecule has 0 atom stereocenters. The van der Waals surface area contributed by atoms with Crippen molar-refractivity contribution in [1.82, 2.24) is 9.97 Å². The van der Waals surface area contributed by atoms with Crippen molar-refractivity contribution in [3.05, 3.63) is 12.0 Å². The summed E-state index contributed by atoms with van der Waals surface area (Å²) in [6, 6.07) is 0. The van der Waals surface area contributed by atoms with Gasteiger partial charge in [-0.15, -0.1) is 0 Å². The first kappa shape index (κ1) is 9.90. The highest BCUT2D eigenvalue weighted by molar-refractivity contribution is 7.99. The van der Waals surface area contributed by atoms with E-state index in [1.807, 2.05) is 11.8 Å². The Morgan fingerprint density at radius 3 is 2.86 bits per heavy atom. The number of nitrogens with zero attached hydrogens (tertiary/aromatic N) is 1. The van der Waals surface area contributed by atoms with Gasteiger partial charge in [0, 0.05) is 5.25 Å². The maximum atomic E-state index is 9.06. The summed E-state index contributed by atoms with van der Waals surface area (Å²) >= 11 is 1.96. The predicted molar refractivity (Wildman–Crippen MR) is 58.4 cm³/mol. The highest BCUT2D eigenvalue weighted by atomic mass is 32.2. The second-order valence-corrected chi connectivity index (χ2v) is 5.07. The Morgan fingerprint density at radius 2 is 2.21 bits per heavy atom. The van der Waals surface area contributed by atoms with E-state index in [0.717, 1.165) is 16.8 Å². The number of nitrogens with one attached hydrogen (secondary N) is 1. The van der Waals surface area contributed by atoms with Gasteiger partial charge in [0.15, 0.2) is 0 Å². The molecule has 0 aromatic carbocycles. The second kappa shape index (κ2) is 4.73. The zero-order valence-electron chi connectivity index (χ0n) is 8.20. The minimum absolute atomic E-state index is 0.171. The van der Waals surface area contributed by atoms with Crippen LogP contribution in [0.4, 0.5) is 0 Å². The number of aromatic hydroxyl groups is 1. The van der Waals surface area contributed by atoms with E-state index in [-0.39, 0.29) is 5.88 Å². The third kappa shape index (κ3) is 2.67.